The number of anilines is 1. The molecule has 0 saturated carbocycles. The van der Waals surface area contributed by atoms with Gasteiger partial charge >= 0.3 is 6.03 Å². The zero-order valence-electron chi connectivity index (χ0n) is 15.2. The number of carbonyl (C=O) groups is 1. The van der Waals surface area contributed by atoms with Crippen molar-refractivity contribution in [2.24, 2.45) is 0 Å². The molecular formula is C20H25N5O. The molecule has 2 aliphatic heterocycles. The van der Waals surface area contributed by atoms with E-state index in [0.717, 1.165) is 48.0 Å². The molecule has 1 fully saturated rings. The zero-order chi connectivity index (χ0) is 17.9. The summed E-state index contributed by atoms with van der Waals surface area (Å²) < 4.78 is 0. The van der Waals surface area contributed by atoms with Gasteiger partial charge in [0.15, 0.2) is 5.82 Å². The van der Waals surface area contributed by atoms with Crippen LogP contribution in [0.3, 0.4) is 0 Å². The molecule has 3 heterocycles. The Morgan fingerprint density at radius 2 is 1.88 bits per heavy atom. The summed E-state index contributed by atoms with van der Waals surface area (Å²) in [5.41, 5.74) is 3.24. The van der Waals surface area contributed by atoms with E-state index in [2.05, 4.69) is 22.3 Å². The van der Waals surface area contributed by atoms with E-state index in [-0.39, 0.29) is 6.03 Å². The third-order valence-electron chi connectivity index (χ3n) is 5.09. The first-order valence-electron chi connectivity index (χ1n) is 9.49. The fraction of sp³-hybridized carbons (Fsp3) is 0.450. The van der Waals surface area contributed by atoms with Crippen LogP contribution in [0.15, 0.2) is 30.3 Å². The number of nitrogens with one attached hydrogen (secondary N) is 1. The average Bonchev–Trinajstić information content (AvgIpc) is 3.22. The van der Waals surface area contributed by atoms with Crippen LogP contribution in [0.5, 0.6) is 0 Å². The molecule has 1 saturated heterocycles. The first-order chi connectivity index (χ1) is 12.8. The normalized spacial score (nSPS) is 16.5. The number of aromatic nitrogens is 2. The van der Waals surface area contributed by atoms with Gasteiger partial charge in [0.05, 0.1) is 12.2 Å². The predicted molar refractivity (Wildman–Crippen MR) is 102 cm³/mol. The van der Waals surface area contributed by atoms with Crippen LogP contribution in [0, 0.1) is 0 Å². The maximum absolute atomic E-state index is 12.3. The minimum atomic E-state index is -0.00217. The summed E-state index contributed by atoms with van der Waals surface area (Å²) in [5.74, 6) is 1.80. The van der Waals surface area contributed by atoms with Gasteiger partial charge in [0.25, 0.3) is 0 Å². The van der Waals surface area contributed by atoms with Crippen LogP contribution in [-0.4, -0.2) is 47.1 Å². The van der Waals surface area contributed by atoms with Crippen LogP contribution in [0.25, 0.3) is 11.4 Å². The minimum Gasteiger partial charge on any atom is -0.356 e. The maximum atomic E-state index is 12.3. The molecule has 4 rings (SSSR count). The van der Waals surface area contributed by atoms with Gasteiger partial charge in [0.2, 0.25) is 0 Å². The van der Waals surface area contributed by atoms with Crippen molar-refractivity contribution in [2.45, 2.75) is 32.7 Å². The molecule has 6 heteroatoms. The summed E-state index contributed by atoms with van der Waals surface area (Å²) in [6.45, 7) is 5.93. The lowest BCUT2D eigenvalue weighted by molar-refractivity contribution is 0.192. The maximum Gasteiger partial charge on any atom is 0.317 e. The van der Waals surface area contributed by atoms with Gasteiger partial charge in [-0.1, -0.05) is 30.3 Å². The summed E-state index contributed by atoms with van der Waals surface area (Å²) >= 11 is 0. The van der Waals surface area contributed by atoms with Crippen LogP contribution >= 0.6 is 0 Å². The van der Waals surface area contributed by atoms with Gasteiger partial charge in [-0.2, -0.15) is 0 Å². The van der Waals surface area contributed by atoms with E-state index < -0.39 is 0 Å². The van der Waals surface area contributed by atoms with Gasteiger partial charge in [0.1, 0.15) is 5.82 Å². The number of amides is 2. The second-order valence-corrected chi connectivity index (χ2v) is 6.86. The number of hydrogen-bond donors (Lipinski definition) is 1. The molecule has 0 radical (unpaired) electrons. The summed E-state index contributed by atoms with van der Waals surface area (Å²) in [4.78, 5) is 26.3. The van der Waals surface area contributed by atoms with E-state index in [1.807, 2.05) is 30.0 Å². The number of hydrogen-bond acceptors (Lipinski definition) is 4. The van der Waals surface area contributed by atoms with Crippen LogP contribution in [0.4, 0.5) is 10.6 Å². The lowest BCUT2D eigenvalue weighted by Gasteiger charge is -2.31. The fourth-order valence-electron chi connectivity index (χ4n) is 3.74. The van der Waals surface area contributed by atoms with Gasteiger partial charge in [-0.15, -0.1) is 0 Å². The van der Waals surface area contributed by atoms with E-state index in [9.17, 15) is 4.79 Å². The minimum absolute atomic E-state index is 0.00217. The number of carbonyl (C=O) groups excluding carboxylic acids is 1. The van der Waals surface area contributed by atoms with Crippen LogP contribution < -0.4 is 10.2 Å². The van der Waals surface area contributed by atoms with Gasteiger partial charge in [0, 0.05) is 43.7 Å². The third kappa shape index (κ3) is 3.23. The van der Waals surface area contributed by atoms with E-state index in [0.29, 0.717) is 19.6 Å². The highest BCUT2D eigenvalue weighted by Gasteiger charge is 2.28. The Morgan fingerprint density at radius 3 is 2.62 bits per heavy atom. The Labute approximate surface area is 154 Å². The molecule has 2 aromatic rings. The molecule has 6 nitrogen and oxygen atoms in total. The SMILES string of the molecule is CCNC(=O)N1CCc2nc(-c3ccccc3)nc(N3CCCC3)c2C1. The molecule has 0 spiro atoms. The molecule has 0 bridgehead atoms. The third-order valence-corrected chi connectivity index (χ3v) is 5.09. The molecule has 26 heavy (non-hydrogen) atoms. The topological polar surface area (TPSA) is 61.4 Å². The summed E-state index contributed by atoms with van der Waals surface area (Å²) in [5, 5.41) is 2.90. The second-order valence-electron chi connectivity index (χ2n) is 6.86. The zero-order valence-corrected chi connectivity index (χ0v) is 15.2. The van der Waals surface area contributed by atoms with Crippen molar-refractivity contribution in [3.63, 3.8) is 0 Å². The average molecular weight is 351 g/mol. The van der Waals surface area contributed by atoms with Crippen molar-refractivity contribution in [1.29, 1.82) is 0 Å². The van der Waals surface area contributed by atoms with Crippen molar-refractivity contribution < 1.29 is 4.79 Å². The van der Waals surface area contributed by atoms with E-state index in [4.69, 9.17) is 9.97 Å². The quantitative estimate of drug-likeness (QED) is 0.924. The highest BCUT2D eigenvalue weighted by atomic mass is 16.2. The summed E-state index contributed by atoms with van der Waals surface area (Å²) in [6, 6.07) is 10.2. The molecule has 0 atom stereocenters. The van der Waals surface area contributed by atoms with Crippen LogP contribution in [0.1, 0.15) is 31.0 Å². The predicted octanol–water partition coefficient (Wildman–Crippen LogP) is 2.83. The van der Waals surface area contributed by atoms with Crippen LogP contribution in [-0.2, 0) is 13.0 Å². The van der Waals surface area contributed by atoms with Crippen molar-refractivity contribution in [3.05, 3.63) is 41.6 Å². The Kier molecular flexibility index (Phi) is 4.73. The van der Waals surface area contributed by atoms with Crippen molar-refractivity contribution in [2.75, 3.05) is 31.1 Å². The lowest BCUT2D eigenvalue weighted by Crippen LogP contribution is -2.43. The first-order valence-corrected chi connectivity index (χ1v) is 9.49. The molecule has 0 unspecified atom stereocenters. The molecular weight excluding hydrogens is 326 g/mol. The van der Waals surface area contributed by atoms with Crippen LogP contribution in [0.2, 0.25) is 0 Å². The van der Waals surface area contributed by atoms with Gasteiger partial charge in [-0.05, 0) is 19.8 Å². The monoisotopic (exact) mass is 351 g/mol. The standard InChI is InChI=1S/C20H25N5O/c1-2-21-20(26)25-13-10-17-16(14-25)19(24-11-6-7-12-24)23-18(22-17)15-8-4-3-5-9-15/h3-5,8-9H,2,6-7,10-14H2,1H3,(H,21,26). The summed E-state index contributed by atoms with van der Waals surface area (Å²) in [6.07, 6.45) is 3.16. The molecule has 0 aliphatic carbocycles. The van der Waals surface area contributed by atoms with Gasteiger partial charge < -0.3 is 15.1 Å². The molecule has 1 N–H and O–H groups in total. The number of nitrogens with zero attached hydrogens (tertiary/aromatic N) is 4. The van der Waals surface area contributed by atoms with Gasteiger partial charge in [-0.3, -0.25) is 0 Å². The van der Waals surface area contributed by atoms with E-state index in [1.165, 1.54) is 12.8 Å². The van der Waals surface area contributed by atoms with E-state index >= 15 is 0 Å². The molecule has 2 amide bonds. The second kappa shape index (κ2) is 7.32. The Morgan fingerprint density at radius 1 is 1.12 bits per heavy atom. The molecule has 1 aromatic carbocycles. The highest BCUT2D eigenvalue weighted by Crippen LogP contribution is 2.31. The first kappa shape index (κ1) is 16.8. The highest BCUT2D eigenvalue weighted by molar-refractivity contribution is 5.75. The number of fused-ring (bicyclic) bond motifs is 1. The largest absolute Gasteiger partial charge is 0.356 e. The molecule has 1 aromatic heterocycles. The van der Waals surface area contributed by atoms with E-state index in [1.54, 1.807) is 0 Å². The molecule has 2 aliphatic rings. The Hall–Kier alpha value is -2.63. The Bertz CT molecular complexity index is 786. The number of urea groups is 1. The van der Waals surface area contributed by atoms with Crippen molar-refractivity contribution >= 4 is 11.8 Å². The molecule has 136 valence electrons. The lowest BCUT2D eigenvalue weighted by atomic mass is 10.0. The summed E-state index contributed by atoms with van der Waals surface area (Å²) in [7, 11) is 0. The smallest absolute Gasteiger partial charge is 0.317 e. The van der Waals surface area contributed by atoms with Crippen molar-refractivity contribution in [1.82, 2.24) is 20.2 Å². The fourth-order valence-corrected chi connectivity index (χ4v) is 3.74. The number of benzene rings is 1. The van der Waals surface area contributed by atoms with Crippen molar-refractivity contribution in [3.8, 4) is 11.4 Å². The number of rotatable bonds is 3. The van der Waals surface area contributed by atoms with Gasteiger partial charge in [-0.25, -0.2) is 14.8 Å². The Balaban J connectivity index is 1.73.